The highest BCUT2D eigenvalue weighted by Crippen LogP contribution is 2.17. The summed E-state index contributed by atoms with van der Waals surface area (Å²) in [5.74, 6) is 0.806. The first kappa shape index (κ1) is 10.5. The van der Waals surface area contributed by atoms with E-state index in [4.69, 9.17) is 17.0 Å². The Morgan fingerprint density at radius 1 is 1.31 bits per heavy atom. The van der Waals surface area contributed by atoms with Crippen LogP contribution in [0.25, 0.3) is 0 Å². The third-order valence-electron chi connectivity index (χ3n) is 1.28. The number of hydrogen-bond acceptors (Lipinski definition) is 3. The van der Waals surface area contributed by atoms with Crippen molar-refractivity contribution in [3.63, 3.8) is 0 Å². The molecule has 0 aliphatic carbocycles. The van der Waals surface area contributed by atoms with Crippen LogP contribution in [0.2, 0.25) is 0 Å². The third-order valence-corrected chi connectivity index (χ3v) is 2.40. The monoisotopic (exact) mass is 212 g/mol. The second-order valence-electron chi connectivity index (χ2n) is 2.83. The van der Waals surface area contributed by atoms with E-state index in [1.54, 1.807) is 11.8 Å². The lowest BCUT2D eigenvalue weighted by Gasteiger charge is -2.07. The second kappa shape index (κ2) is 5.25. The fourth-order valence-electron chi connectivity index (χ4n) is 0.801. The van der Waals surface area contributed by atoms with Crippen molar-refractivity contribution in [1.29, 1.82) is 0 Å². The molecule has 0 fully saturated rings. The van der Waals surface area contributed by atoms with Crippen LogP contribution in [0.1, 0.15) is 13.8 Å². The first-order valence-electron chi connectivity index (χ1n) is 4.12. The maximum Gasteiger partial charge on any atom is 0.226 e. The molecule has 0 unspecified atom stereocenters. The highest BCUT2D eigenvalue weighted by atomic mass is 32.2. The van der Waals surface area contributed by atoms with Gasteiger partial charge in [0, 0.05) is 5.25 Å². The van der Waals surface area contributed by atoms with Crippen molar-refractivity contribution < 1.29 is 4.74 Å². The molecule has 0 heterocycles. The summed E-state index contributed by atoms with van der Waals surface area (Å²) in [4.78, 5) is 0. The zero-order chi connectivity index (χ0) is 9.68. The normalized spacial score (nSPS) is 10.1. The minimum absolute atomic E-state index is 0.469. The number of ether oxygens (including phenoxy) is 1. The smallest absolute Gasteiger partial charge is 0.226 e. The molecule has 3 heteroatoms. The van der Waals surface area contributed by atoms with Crippen LogP contribution in [0, 0.1) is 0 Å². The lowest BCUT2D eigenvalue weighted by Crippen LogP contribution is -2.03. The van der Waals surface area contributed by atoms with Crippen LogP contribution in [-0.2, 0) is 0 Å². The topological polar surface area (TPSA) is 9.23 Å². The maximum atomic E-state index is 5.42. The molecular weight excluding hydrogens is 200 g/mol. The molecule has 0 N–H and O–H groups in total. The minimum atomic E-state index is 0.469. The van der Waals surface area contributed by atoms with Crippen LogP contribution in [0.3, 0.4) is 0 Å². The van der Waals surface area contributed by atoms with E-state index in [1.807, 2.05) is 30.3 Å². The highest BCUT2D eigenvalue weighted by Gasteiger charge is 2.03. The van der Waals surface area contributed by atoms with Crippen LogP contribution in [-0.4, -0.2) is 9.63 Å². The van der Waals surface area contributed by atoms with Crippen molar-refractivity contribution in [2.75, 3.05) is 0 Å². The molecule has 0 radical (unpaired) electrons. The first-order valence-corrected chi connectivity index (χ1v) is 5.41. The van der Waals surface area contributed by atoms with Gasteiger partial charge in [-0.15, -0.1) is 0 Å². The molecule has 70 valence electrons. The van der Waals surface area contributed by atoms with Gasteiger partial charge in [-0.3, -0.25) is 0 Å². The number of rotatable bonds is 2. The molecule has 0 amide bonds. The summed E-state index contributed by atoms with van der Waals surface area (Å²) in [6.45, 7) is 4.18. The predicted octanol–water partition coefficient (Wildman–Crippen LogP) is 3.49. The minimum Gasteiger partial charge on any atom is -0.440 e. The van der Waals surface area contributed by atoms with E-state index < -0.39 is 0 Å². The molecule has 0 aliphatic heterocycles. The zero-order valence-corrected chi connectivity index (χ0v) is 9.32. The van der Waals surface area contributed by atoms with Gasteiger partial charge in [-0.25, -0.2) is 0 Å². The molecule has 1 aromatic rings. The number of thioether (sulfide) groups is 1. The molecule has 0 bridgehead atoms. The van der Waals surface area contributed by atoms with Crippen molar-refractivity contribution in [3.8, 4) is 5.75 Å². The predicted molar refractivity (Wildman–Crippen MR) is 62.4 cm³/mol. The van der Waals surface area contributed by atoms with Gasteiger partial charge in [-0.05, 0) is 24.4 Å². The number of benzene rings is 1. The fraction of sp³-hybridized carbons (Fsp3) is 0.300. The van der Waals surface area contributed by atoms with E-state index in [0.29, 0.717) is 9.63 Å². The van der Waals surface area contributed by atoms with Crippen LogP contribution < -0.4 is 4.74 Å². The average molecular weight is 212 g/mol. The van der Waals surface area contributed by atoms with E-state index in [0.717, 1.165) is 5.75 Å². The SMILES string of the molecule is CC(C)SC(=S)Oc1ccccc1. The van der Waals surface area contributed by atoms with E-state index in [2.05, 4.69) is 13.8 Å². The molecule has 0 saturated heterocycles. The lowest BCUT2D eigenvalue weighted by atomic mass is 10.3. The molecule has 1 aromatic carbocycles. The number of hydrogen-bond donors (Lipinski definition) is 0. The summed E-state index contributed by atoms with van der Waals surface area (Å²) < 4.78 is 6.00. The Labute approximate surface area is 88.5 Å². The largest absolute Gasteiger partial charge is 0.440 e. The summed E-state index contributed by atoms with van der Waals surface area (Å²) in [5, 5.41) is 0.469. The summed E-state index contributed by atoms with van der Waals surface area (Å²) in [7, 11) is 0. The van der Waals surface area contributed by atoms with Gasteiger partial charge in [0.2, 0.25) is 4.38 Å². The van der Waals surface area contributed by atoms with Gasteiger partial charge in [0.05, 0.1) is 0 Å². The second-order valence-corrected chi connectivity index (χ2v) is 5.01. The molecule has 1 rings (SSSR count). The fourth-order valence-corrected chi connectivity index (χ4v) is 2.00. The highest BCUT2D eigenvalue weighted by molar-refractivity contribution is 8.23. The Bertz CT molecular complexity index is 270. The summed E-state index contributed by atoms with van der Waals surface area (Å²) in [6, 6.07) is 9.60. The quantitative estimate of drug-likeness (QED) is 0.694. The molecule has 0 aromatic heterocycles. The van der Waals surface area contributed by atoms with Crippen LogP contribution in [0.5, 0.6) is 5.75 Å². The summed E-state index contributed by atoms with van der Waals surface area (Å²) >= 11 is 6.61. The summed E-state index contributed by atoms with van der Waals surface area (Å²) in [5.41, 5.74) is 0. The lowest BCUT2D eigenvalue weighted by molar-refractivity contribution is 0.579. The van der Waals surface area contributed by atoms with Crippen LogP contribution in [0.4, 0.5) is 0 Å². The molecule has 13 heavy (non-hydrogen) atoms. The number of para-hydroxylation sites is 1. The van der Waals surface area contributed by atoms with Crippen LogP contribution >= 0.6 is 24.0 Å². The third kappa shape index (κ3) is 4.29. The van der Waals surface area contributed by atoms with Crippen molar-refractivity contribution >= 4 is 28.4 Å². The standard InChI is InChI=1S/C10H12OS2/c1-8(2)13-10(12)11-9-6-4-3-5-7-9/h3-8H,1-2H3. The van der Waals surface area contributed by atoms with E-state index >= 15 is 0 Å². The maximum absolute atomic E-state index is 5.42. The van der Waals surface area contributed by atoms with Gasteiger partial charge in [0.25, 0.3) is 0 Å². The Kier molecular flexibility index (Phi) is 4.25. The Morgan fingerprint density at radius 3 is 2.46 bits per heavy atom. The van der Waals surface area contributed by atoms with Crippen LogP contribution in [0.15, 0.2) is 30.3 Å². The molecule has 0 aliphatic rings. The van der Waals surface area contributed by atoms with Crippen molar-refractivity contribution in [1.82, 2.24) is 0 Å². The molecule has 1 nitrogen and oxygen atoms in total. The van der Waals surface area contributed by atoms with E-state index in [9.17, 15) is 0 Å². The van der Waals surface area contributed by atoms with Crippen molar-refractivity contribution in [2.45, 2.75) is 19.1 Å². The van der Waals surface area contributed by atoms with E-state index in [1.165, 1.54) is 0 Å². The first-order chi connectivity index (χ1) is 6.18. The molecular formula is C10H12OS2. The van der Waals surface area contributed by atoms with Gasteiger partial charge < -0.3 is 4.74 Å². The van der Waals surface area contributed by atoms with Gasteiger partial charge in [0.15, 0.2) is 0 Å². The molecule has 0 spiro atoms. The van der Waals surface area contributed by atoms with Gasteiger partial charge in [0.1, 0.15) is 5.75 Å². The van der Waals surface area contributed by atoms with Crippen molar-refractivity contribution in [3.05, 3.63) is 30.3 Å². The molecule has 0 saturated carbocycles. The van der Waals surface area contributed by atoms with Gasteiger partial charge >= 0.3 is 0 Å². The zero-order valence-electron chi connectivity index (χ0n) is 7.69. The Balaban J connectivity index is 2.46. The Hall–Kier alpha value is -0.540. The Morgan fingerprint density at radius 2 is 1.92 bits per heavy atom. The average Bonchev–Trinajstić information content (AvgIpc) is 2.04. The summed E-state index contributed by atoms with van der Waals surface area (Å²) in [6.07, 6.45) is 0. The van der Waals surface area contributed by atoms with Gasteiger partial charge in [-0.1, -0.05) is 43.8 Å². The molecule has 0 atom stereocenters. The van der Waals surface area contributed by atoms with Gasteiger partial charge in [-0.2, -0.15) is 0 Å². The number of thiocarbonyl (C=S) groups is 1. The van der Waals surface area contributed by atoms with Crippen molar-refractivity contribution in [2.24, 2.45) is 0 Å². The van der Waals surface area contributed by atoms with E-state index in [-0.39, 0.29) is 0 Å².